The highest BCUT2D eigenvalue weighted by atomic mass is 16.5. The number of aromatic hydroxyl groups is 3. The minimum atomic E-state index is -0.134. The molecule has 154 valence electrons. The molecule has 30 heavy (non-hydrogen) atoms. The number of phenolic OH excluding ortho intramolecular Hbond substituents is 3. The zero-order valence-corrected chi connectivity index (χ0v) is 16.9. The highest BCUT2D eigenvalue weighted by Crippen LogP contribution is 2.50. The number of hydrogen-bond acceptors (Lipinski definition) is 6. The van der Waals surface area contributed by atoms with Crippen molar-refractivity contribution in [2.45, 2.75) is 6.92 Å². The van der Waals surface area contributed by atoms with Crippen molar-refractivity contribution in [1.29, 1.82) is 0 Å². The van der Waals surface area contributed by atoms with Crippen LogP contribution in [0.5, 0.6) is 34.5 Å². The third-order valence-electron chi connectivity index (χ3n) is 4.54. The van der Waals surface area contributed by atoms with Crippen LogP contribution in [0.2, 0.25) is 0 Å². The molecule has 6 nitrogen and oxygen atoms in total. The van der Waals surface area contributed by atoms with Gasteiger partial charge in [-0.3, -0.25) is 0 Å². The van der Waals surface area contributed by atoms with Gasteiger partial charge in [-0.15, -0.1) is 5.92 Å². The van der Waals surface area contributed by atoms with E-state index in [0.29, 0.717) is 22.4 Å². The van der Waals surface area contributed by atoms with Gasteiger partial charge >= 0.3 is 0 Å². The molecular formula is C24H22O6. The smallest absolute Gasteiger partial charge is 0.170 e. The average Bonchev–Trinajstić information content (AvgIpc) is 2.75. The maximum absolute atomic E-state index is 11.0. The van der Waals surface area contributed by atoms with E-state index < -0.39 is 0 Å². The molecule has 0 saturated carbocycles. The fourth-order valence-electron chi connectivity index (χ4n) is 3.11. The fraction of sp³-hybridized carbons (Fsp3) is 0.167. The molecular weight excluding hydrogens is 384 g/mol. The van der Waals surface area contributed by atoms with E-state index in [1.807, 2.05) is 0 Å². The lowest BCUT2D eigenvalue weighted by atomic mass is 9.96. The predicted octanol–water partition coefficient (Wildman–Crippen LogP) is 4.56. The molecule has 0 aliphatic heterocycles. The molecule has 3 rings (SSSR count). The van der Waals surface area contributed by atoms with Gasteiger partial charge in [-0.05, 0) is 48.4 Å². The Morgan fingerprint density at radius 1 is 0.833 bits per heavy atom. The Morgan fingerprint density at radius 2 is 1.53 bits per heavy atom. The first-order valence-electron chi connectivity index (χ1n) is 9.13. The van der Waals surface area contributed by atoms with Crippen LogP contribution < -0.4 is 14.2 Å². The molecule has 0 amide bonds. The van der Waals surface area contributed by atoms with E-state index >= 15 is 0 Å². The second kappa shape index (κ2) is 9.01. The highest BCUT2D eigenvalue weighted by Gasteiger charge is 2.22. The Kier molecular flexibility index (Phi) is 6.23. The molecule has 3 aromatic carbocycles. The van der Waals surface area contributed by atoms with Crippen molar-refractivity contribution >= 4 is 0 Å². The second-order valence-electron chi connectivity index (χ2n) is 6.33. The van der Waals surface area contributed by atoms with Gasteiger partial charge in [0.25, 0.3) is 0 Å². The van der Waals surface area contributed by atoms with E-state index in [0.717, 1.165) is 5.56 Å². The topological polar surface area (TPSA) is 88.4 Å². The van der Waals surface area contributed by atoms with Crippen LogP contribution in [0, 0.1) is 11.8 Å². The largest absolute Gasteiger partial charge is 0.508 e. The van der Waals surface area contributed by atoms with Crippen LogP contribution in [0.15, 0.2) is 48.5 Å². The first-order chi connectivity index (χ1) is 14.5. The lowest BCUT2D eigenvalue weighted by molar-refractivity contribution is 0.342. The molecule has 0 saturated heterocycles. The first kappa shape index (κ1) is 20.7. The van der Waals surface area contributed by atoms with Crippen molar-refractivity contribution in [3.8, 4) is 68.6 Å². The van der Waals surface area contributed by atoms with E-state index in [1.165, 1.54) is 20.3 Å². The molecule has 0 aromatic heterocycles. The number of hydrogen-bond donors (Lipinski definition) is 3. The van der Waals surface area contributed by atoms with Gasteiger partial charge in [0.1, 0.15) is 18.1 Å². The third-order valence-corrected chi connectivity index (χ3v) is 4.54. The molecule has 0 spiro atoms. The molecule has 0 fully saturated rings. The molecule has 0 bridgehead atoms. The van der Waals surface area contributed by atoms with Crippen molar-refractivity contribution in [3.63, 3.8) is 0 Å². The maximum Gasteiger partial charge on any atom is 0.170 e. The molecule has 3 N–H and O–H groups in total. The number of methoxy groups -OCH3 is 2. The standard InChI is InChI=1S/C24H22O6/c1-4-5-12-30-20-11-8-16(13-19(20)26)22-21(28-2)14-18(24(29-3)23(22)27)15-6-9-17(25)10-7-15/h6-11,13-14,25-27H,12H2,1-3H3. The van der Waals surface area contributed by atoms with Gasteiger partial charge in [0.2, 0.25) is 0 Å². The van der Waals surface area contributed by atoms with Crippen molar-refractivity contribution in [2.24, 2.45) is 0 Å². The highest BCUT2D eigenvalue weighted by molar-refractivity contribution is 5.88. The van der Waals surface area contributed by atoms with Crippen molar-refractivity contribution in [2.75, 3.05) is 20.8 Å². The van der Waals surface area contributed by atoms with Gasteiger partial charge in [0.05, 0.1) is 19.8 Å². The fourth-order valence-corrected chi connectivity index (χ4v) is 3.11. The van der Waals surface area contributed by atoms with E-state index in [2.05, 4.69) is 11.8 Å². The van der Waals surface area contributed by atoms with Gasteiger partial charge in [0, 0.05) is 5.56 Å². The van der Waals surface area contributed by atoms with Crippen LogP contribution in [-0.2, 0) is 0 Å². The molecule has 0 aliphatic rings. The summed E-state index contributed by atoms with van der Waals surface area (Å²) in [6, 6.07) is 13.0. The van der Waals surface area contributed by atoms with Crippen LogP contribution in [0.3, 0.4) is 0 Å². The SMILES string of the molecule is CC#CCOc1ccc(-c2c(OC)cc(-c3ccc(O)cc3)c(OC)c2O)cc1O. The number of phenols is 3. The van der Waals surface area contributed by atoms with Crippen molar-refractivity contribution in [1.82, 2.24) is 0 Å². The summed E-state index contributed by atoms with van der Waals surface area (Å²) >= 11 is 0. The Bertz CT molecular complexity index is 1110. The first-order valence-corrected chi connectivity index (χ1v) is 9.13. The van der Waals surface area contributed by atoms with E-state index in [1.54, 1.807) is 49.4 Å². The molecule has 0 heterocycles. The second-order valence-corrected chi connectivity index (χ2v) is 6.33. The quantitative estimate of drug-likeness (QED) is 0.520. The van der Waals surface area contributed by atoms with Crippen LogP contribution in [0.4, 0.5) is 0 Å². The molecule has 6 heteroatoms. The van der Waals surface area contributed by atoms with E-state index in [4.69, 9.17) is 14.2 Å². The summed E-state index contributed by atoms with van der Waals surface area (Å²) in [5.41, 5.74) is 2.21. The maximum atomic E-state index is 11.0. The average molecular weight is 406 g/mol. The van der Waals surface area contributed by atoms with E-state index in [9.17, 15) is 15.3 Å². The van der Waals surface area contributed by atoms with Crippen LogP contribution in [-0.4, -0.2) is 36.1 Å². The van der Waals surface area contributed by atoms with E-state index in [-0.39, 0.29) is 35.4 Å². The zero-order chi connectivity index (χ0) is 21.7. The van der Waals surface area contributed by atoms with Gasteiger partial charge < -0.3 is 29.5 Å². The van der Waals surface area contributed by atoms with Crippen LogP contribution >= 0.6 is 0 Å². The van der Waals surface area contributed by atoms with Gasteiger partial charge in [-0.25, -0.2) is 0 Å². The number of benzene rings is 3. The predicted molar refractivity (Wildman–Crippen MR) is 114 cm³/mol. The van der Waals surface area contributed by atoms with Gasteiger partial charge in [-0.1, -0.05) is 24.1 Å². The Balaban J connectivity index is 2.12. The molecule has 0 radical (unpaired) electrons. The van der Waals surface area contributed by atoms with Crippen LogP contribution in [0.1, 0.15) is 6.92 Å². The monoisotopic (exact) mass is 406 g/mol. The van der Waals surface area contributed by atoms with Crippen molar-refractivity contribution < 1.29 is 29.5 Å². The number of ether oxygens (including phenoxy) is 3. The van der Waals surface area contributed by atoms with Crippen LogP contribution in [0.25, 0.3) is 22.3 Å². The summed E-state index contributed by atoms with van der Waals surface area (Å²) in [5.74, 6) is 6.31. The summed E-state index contributed by atoms with van der Waals surface area (Å²) in [6.45, 7) is 1.86. The molecule has 3 aromatic rings. The summed E-state index contributed by atoms with van der Waals surface area (Å²) in [5, 5.41) is 30.9. The van der Waals surface area contributed by atoms with Gasteiger partial charge in [-0.2, -0.15) is 0 Å². The summed E-state index contributed by atoms with van der Waals surface area (Å²) < 4.78 is 16.4. The van der Waals surface area contributed by atoms with Gasteiger partial charge in [0.15, 0.2) is 23.0 Å². The Hall–Kier alpha value is -3.98. The summed E-state index contributed by atoms with van der Waals surface area (Å²) in [4.78, 5) is 0. The summed E-state index contributed by atoms with van der Waals surface area (Å²) in [6.07, 6.45) is 0. The summed E-state index contributed by atoms with van der Waals surface area (Å²) in [7, 11) is 2.95. The normalized spacial score (nSPS) is 10.1. The molecule has 0 atom stereocenters. The lowest BCUT2D eigenvalue weighted by Crippen LogP contribution is -1.97. The molecule has 0 aliphatic carbocycles. The molecule has 0 unspecified atom stereocenters. The minimum Gasteiger partial charge on any atom is -0.508 e. The van der Waals surface area contributed by atoms with Crippen molar-refractivity contribution in [3.05, 3.63) is 48.5 Å². The number of rotatable bonds is 6. The minimum absolute atomic E-state index is 0.0894. The third kappa shape index (κ3) is 4.06. The Labute approximate surface area is 174 Å². The Morgan fingerprint density at radius 3 is 2.13 bits per heavy atom. The zero-order valence-electron chi connectivity index (χ0n) is 16.9. The lowest BCUT2D eigenvalue weighted by Gasteiger charge is -2.18.